The first-order valence-electron chi connectivity index (χ1n) is 8.61. The highest BCUT2D eigenvalue weighted by Crippen LogP contribution is 2.26. The Morgan fingerprint density at radius 3 is 2.68 bits per heavy atom. The van der Waals surface area contributed by atoms with E-state index in [1.165, 1.54) is 32.1 Å². The van der Waals surface area contributed by atoms with Crippen LogP contribution in [0.15, 0.2) is 0 Å². The van der Waals surface area contributed by atoms with Gasteiger partial charge in [0.15, 0.2) is 0 Å². The molecule has 122 valence electrons. The molecule has 1 aliphatic carbocycles. The van der Waals surface area contributed by atoms with Crippen LogP contribution in [0.5, 0.6) is 0 Å². The molecule has 2 fully saturated rings. The summed E-state index contributed by atoms with van der Waals surface area (Å²) in [5.41, 5.74) is 1.97. The predicted molar refractivity (Wildman–Crippen MR) is 84.3 cm³/mol. The fourth-order valence-corrected chi connectivity index (χ4v) is 3.62. The van der Waals surface area contributed by atoms with E-state index >= 15 is 0 Å². The first kappa shape index (κ1) is 15.5. The maximum absolute atomic E-state index is 12.3. The van der Waals surface area contributed by atoms with Crippen LogP contribution in [0.25, 0.3) is 0 Å². The van der Waals surface area contributed by atoms with Crippen LogP contribution in [0.2, 0.25) is 0 Å². The average Bonchev–Trinajstić information content (AvgIpc) is 3.08. The fraction of sp³-hybridized carbons (Fsp3) is 0.812. The Balaban J connectivity index is 1.53. The molecule has 1 saturated carbocycles. The number of carbonyl (C=O) groups is 1. The minimum atomic E-state index is 0.251. The third kappa shape index (κ3) is 3.32. The molecule has 3 rings (SSSR count). The normalized spacial score (nSPS) is 23.5. The first-order valence-corrected chi connectivity index (χ1v) is 8.61. The molecule has 1 saturated heterocycles. The van der Waals surface area contributed by atoms with Gasteiger partial charge in [-0.25, -0.2) is 0 Å². The number of carbonyl (C=O) groups excluding carboxylic acids is 1. The van der Waals surface area contributed by atoms with E-state index in [0.29, 0.717) is 24.9 Å². The molecule has 2 aliphatic rings. The largest absolute Gasteiger partial charge is 0.338 e. The summed E-state index contributed by atoms with van der Waals surface area (Å²) in [6.07, 6.45) is 6.85. The molecule has 6 heteroatoms. The van der Waals surface area contributed by atoms with Gasteiger partial charge in [-0.1, -0.05) is 19.3 Å². The Bertz CT molecular complexity index is 521. The van der Waals surface area contributed by atoms with Crippen molar-refractivity contribution in [2.75, 3.05) is 6.54 Å². The number of aryl methyl sites for hydroxylation is 2. The molecule has 22 heavy (non-hydrogen) atoms. The van der Waals surface area contributed by atoms with E-state index in [1.807, 2.05) is 13.8 Å². The number of likely N-dealkylation sites (tertiary alicyclic amines) is 1. The van der Waals surface area contributed by atoms with Crippen LogP contribution in [0.3, 0.4) is 0 Å². The third-order valence-corrected chi connectivity index (χ3v) is 4.93. The Morgan fingerprint density at radius 1 is 1.23 bits per heavy atom. The van der Waals surface area contributed by atoms with Gasteiger partial charge in [0.2, 0.25) is 5.91 Å². The Hall–Kier alpha value is -1.43. The van der Waals surface area contributed by atoms with Gasteiger partial charge in [0, 0.05) is 31.6 Å². The highest BCUT2D eigenvalue weighted by Gasteiger charge is 2.34. The lowest BCUT2D eigenvalue weighted by Gasteiger charge is -2.31. The standard InChI is InChI=1S/C16H27N5O/c1-3-21-18-12(2)15(19-21)10-17-13-9-16(22)20(11-13)14-7-5-4-6-8-14/h13-14,17H,3-11H2,1-2H3. The summed E-state index contributed by atoms with van der Waals surface area (Å²) in [7, 11) is 0. The summed E-state index contributed by atoms with van der Waals surface area (Å²) in [5, 5.41) is 12.3. The maximum atomic E-state index is 12.3. The second-order valence-corrected chi connectivity index (χ2v) is 6.54. The number of hydrogen-bond acceptors (Lipinski definition) is 4. The van der Waals surface area contributed by atoms with Crippen molar-refractivity contribution < 1.29 is 4.79 Å². The molecule has 0 radical (unpaired) electrons. The minimum absolute atomic E-state index is 0.251. The monoisotopic (exact) mass is 305 g/mol. The van der Waals surface area contributed by atoms with Gasteiger partial charge < -0.3 is 10.2 Å². The number of amides is 1. The van der Waals surface area contributed by atoms with Crippen LogP contribution < -0.4 is 5.32 Å². The number of hydrogen-bond donors (Lipinski definition) is 1. The number of rotatable bonds is 5. The van der Waals surface area contributed by atoms with Crippen LogP contribution in [0.4, 0.5) is 0 Å². The molecule has 1 aromatic rings. The maximum Gasteiger partial charge on any atom is 0.224 e. The fourth-order valence-electron chi connectivity index (χ4n) is 3.62. The Labute approximate surface area is 132 Å². The van der Waals surface area contributed by atoms with Crippen LogP contribution in [-0.4, -0.2) is 44.4 Å². The van der Waals surface area contributed by atoms with Gasteiger partial charge in [0.1, 0.15) is 0 Å². The molecule has 0 spiro atoms. The second-order valence-electron chi connectivity index (χ2n) is 6.54. The van der Waals surface area contributed by atoms with E-state index in [0.717, 1.165) is 24.5 Å². The summed E-state index contributed by atoms with van der Waals surface area (Å²) in [6, 6.07) is 0.733. The van der Waals surface area contributed by atoms with E-state index < -0.39 is 0 Å². The van der Waals surface area contributed by atoms with Crippen molar-refractivity contribution in [3.05, 3.63) is 11.4 Å². The number of aromatic nitrogens is 3. The molecule has 1 N–H and O–H groups in total. The number of nitrogens with zero attached hydrogens (tertiary/aromatic N) is 4. The van der Waals surface area contributed by atoms with E-state index in [2.05, 4.69) is 20.4 Å². The Kier molecular flexibility index (Phi) is 4.76. The third-order valence-electron chi connectivity index (χ3n) is 4.93. The molecule has 1 atom stereocenters. The summed E-state index contributed by atoms with van der Waals surface area (Å²) < 4.78 is 0. The molecular formula is C16H27N5O. The molecule has 1 aromatic heterocycles. The molecule has 6 nitrogen and oxygen atoms in total. The van der Waals surface area contributed by atoms with E-state index in [1.54, 1.807) is 4.80 Å². The van der Waals surface area contributed by atoms with Gasteiger partial charge in [-0.05, 0) is 26.7 Å². The smallest absolute Gasteiger partial charge is 0.224 e. The van der Waals surface area contributed by atoms with Gasteiger partial charge in [0.25, 0.3) is 0 Å². The van der Waals surface area contributed by atoms with Crippen molar-refractivity contribution in [2.24, 2.45) is 0 Å². The van der Waals surface area contributed by atoms with Crippen LogP contribution >= 0.6 is 0 Å². The summed E-state index contributed by atoms with van der Waals surface area (Å²) in [4.78, 5) is 16.1. The van der Waals surface area contributed by atoms with Crippen LogP contribution in [0.1, 0.15) is 56.8 Å². The van der Waals surface area contributed by atoms with Gasteiger partial charge in [-0.2, -0.15) is 15.0 Å². The molecule has 2 heterocycles. The summed E-state index contributed by atoms with van der Waals surface area (Å²) in [6.45, 7) is 6.36. The lowest BCUT2D eigenvalue weighted by Crippen LogP contribution is -2.40. The first-order chi connectivity index (χ1) is 10.7. The predicted octanol–water partition coefficient (Wildman–Crippen LogP) is 1.63. The Morgan fingerprint density at radius 2 is 2.00 bits per heavy atom. The van der Waals surface area contributed by atoms with Crippen molar-refractivity contribution in [3.63, 3.8) is 0 Å². The van der Waals surface area contributed by atoms with Gasteiger partial charge in [-0.3, -0.25) is 4.79 Å². The molecule has 0 bridgehead atoms. The van der Waals surface area contributed by atoms with Crippen molar-refractivity contribution in [3.8, 4) is 0 Å². The average molecular weight is 305 g/mol. The van der Waals surface area contributed by atoms with Crippen molar-refractivity contribution in [1.29, 1.82) is 0 Å². The molecule has 1 unspecified atom stereocenters. The molecular weight excluding hydrogens is 278 g/mol. The summed E-state index contributed by atoms with van der Waals surface area (Å²) >= 11 is 0. The van der Waals surface area contributed by atoms with Crippen molar-refractivity contribution in [2.45, 2.75) is 77.5 Å². The lowest BCUT2D eigenvalue weighted by atomic mass is 9.94. The summed E-state index contributed by atoms with van der Waals surface area (Å²) in [5.74, 6) is 0.318. The highest BCUT2D eigenvalue weighted by molar-refractivity contribution is 5.79. The van der Waals surface area contributed by atoms with E-state index in [-0.39, 0.29) is 6.04 Å². The molecule has 1 amide bonds. The van der Waals surface area contributed by atoms with Gasteiger partial charge in [0.05, 0.1) is 17.9 Å². The zero-order valence-corrected chi connectivity index (χ0v) is 13.7. The van der Waals surface area contributed by atoms with E-state index in [9.17, 15) is 4.79 Å². The molecule has 1 aliphatic heterocycles. The molecule has 0 aromatic carbocycles. The minimum Gasteiger partial charge on any atom is -0.338 e. The SMILES string of the molecule is CCn1nc(C)c(CNC2CC(=O)N(C3CCCCC3)C2)n1. The zero-order chi connectivity index (χ0) is 15.5. The van der Waals surface area contributed by atoms with Crippen LogP contribution in [0, 0.1) is 6.92 Å². The zero-order valence-electron chi connectivity index (χ0n) is 13.7. The second kappa shape index (κ2) is 6.77. The van der Waals surface area contributed by atoms with Crippen molar-refractivity contribution in [1.82, 2.24) is 25.2 Å². The lowest BCUT2D eigenvalue weighted by molar-refractivity contribution is -0.130. The van der Waals surface area contributed by atoms with Gasteiger partial charge >= 0.3 is 0 Å². The van der Waals surface area contributed by atoms with E-state index in [4.69, 9.17) is 0 Å². The quantitative estimate of drug-likeness (QED) is 0.898. The highest BCUT2D eigenvalue weighted by atomic mass is 16.2. The van der Waals surface area contributed by atoms with Crippen molar-refractivity contribution >= 4 is 5.91 Å². The van der Waals surface area contributed by atoms with Crippen LogP contribution in [-0.2, 0) is 17.9 Å². The topological polar surface area (TPSA) is 63.1 Å². The van der Waals surface area contributed by atoms with Gasteiger partial charge in [-0.15, -0.1) is 0 Å². The number of nitrogens with one attached hydrogen (secondary N) is 1.